The van der Waals surface area contributed by atoms with Crippen molar-refractivity contribution < 1.29 is 4.79 Å². The van der Waals surface area contributed by atoms with Crippen LogP contribution in [0.4, 0.5) is 0 Å². The van der Waals surface area contributed by atoms with Gasteiger partial charge in [0, 0.05) is 19.3 Å². The van der Waals surface area contributed by atoms with Crippen molar-refractivity contribution in [3.8, 4) is 0 Å². The Morgan fingerprint density at radius 2 is 2.05 bits per heavy atom. The average molecular weight is 272 g/mol. The minimum Gasteiger partial charge on any atom is -0.341 e. The maximum absolute atomic E-state index is 12.4. The Bertz CT molecular complexity index is 606. The summed E-state index contributed by atoms with van der Waals surface area (Å²) in [6, 6.07) is 9.73. The molecule has 0 spiro atoms. The summed E-state index contributed by atoms with van der Waals surface area (Å²) in [6.07, 6.45) is 1.58. The van der Waals surface area contributed by atoms with Crippen LogP contribution >= 0.6 is 0 Å². The van der Waals surface area contributed by atoms with Gasteiger partial charge in [-0.25, -0.2) is 0 Å². The maximum Gasteiger partial charge on any atom is 0.255 e. The predicted octanol–water partition coefficient (Wildman–Crippen LogP) is 1.33. The third kappa shape index (κ3) is 2.58. The Morgan fingerprint density at radius 1 is 1.40 bits per heavy atom. The molecule has 0 saturated heterocycles. The molecule has 0 aliphatic rings. The van der Waals surface area contributed by atoms with E-state index in [-0.39, 0.29) is 5.91 Å². The zero-order chi connectivity index (χ0) is 14.8. The number of hydrogen-bond acceptors (Lipinski definition) is 3. The molecular weight excluding hydrogens is 252 g/mol. The zero-order valence-electron chi connectivity index (χ0n) is 12.1. The van der Waals surface area contributed by atoms with Crippen molar-refractivity contribution in [3.05, 3.63) is 53.3 Å². The molecule has 1 amide bonds. The summed E-state index contributed by atoms with van der Waals surface area (Å²) in [5.74, 6) is -0.160. The van der Waals surface area contributed by atoms with Gasteiger partial charge >= 0.3 is 0 Å². The second-order valence-corrected chi connectivity index (χ2v) is 5.12. The Morgan fingerprint density at radius 3 is 2.55 bits per heavy atom. The first-order chi connectivity index (χ1) is 9.48. The lowest BCUT2D eigenvalue weighted by molar-refractivity contribution is 0.0906. The molecule has 5 heteroatoms. The molecule has 1 unspecified atom stereocenters. The molecule has 1 heterocycles. The van der Waals surface area contributed by atoms with Gasteiger partial charge in [-0.2, -0.15) is 5.10 Å². The van der Waals surface area contributed by atoms with Gasteiger partial charge in [0.05, 0.1) is 17.3 Å². The van der Waals surface area contributed by atoms with Crippen molar-refractivity contribution in [1.82, 2.24) is 15.1 Å². The average Bonchev–Trinajstić information content (AvgIpc) is 2.80. The van der Waals surface area contributed by atoms with Crippen LogP contribution in [0, 0.1) is 6.92 Å². The van der Waals surface area contributed by atoms with Crippen molar-refractivity contribution in [2.45, 2.75) is 19.4 Å². The van der Waals surface area contributed by atoms with E-state index in [2.05, 4.69) is 10.4 Å². The fourth-order valence-corrected chi connectivity index (χ4v) is 2.09. The van der Waals surface area contributed by atoms with E-state index in [0.29, 0.717) is 12.1 Å². The molecule has 106 valence electrons. The Hall–Kier alpha value is -2.14. The number of rotatable bonds is 4. The highest BCUT2D eigenvalue weighted by molar-refractivity contribution is 5.95. The molecule has 1 atom stereocenters. The lowest BCUT2D eigenvalue weighted by atomic mass is 9.91. The van der Waals surface area contributed by atoms with Crippen molar-refractivity contribution in [1.29, 1.82) is 0 Å². The highest BCUT2D eigenvalue weighted by atomic mass is 16.1. The minimum atomic E-state index is -0.597. The Kier molecular flexibility index (Phi) is 3.90. The summed E-state index contributed by atoms with van der Waals surface area (Å²) in [4.78, 5) is 12.4. The number of aryl methyl sites for hydroxylation is 1. The fourth-order valence-electron chi connectivity index (χ4n) is 2.09. The molecule has 3 N–H and O–H groups in total. The highest BCUT2D eigenvalue weighted by Crippen LogP contribution is 2.20. The third-order valence-electron chi connectivity index (χ3n) is 3.69. The maximum atomic E-state index is 12.4. The molecule has 1 aromatic heterocycles. The highest BCUT2D eigenvalue weighted by Gasteiger charge is 2.28. The number of nitrogens with one attached hydrogen (secondary N) is 1. The quantitative estimate of drug-likeness (QED) is 0.882. The first kappa shape index (κ1) is 14.3. The molecule has 0 bridgehead atoms. The van der Waals surface area contributed by atoms with Crippen LogP contribution < -0.4 is 11.1 Å². The normalized spacial score (nSPS) is 13.8. The molecule has 0 fully saturated rings. The SMILES string of the molecule is Cc1c(C(=O)NC(C)(CN)c2ccccc2)cnn1C. The number of nitrogens with zero attached hydrogens (tertiary/aromatic N) is 2. The first-order valence-electron chi connectivity index (χ1n) is 6.54. The van der Waals surface area contributed by atoms with Gasteiger partial charge in [-0.15, -0.1) is 0 Å². The molecule has 1 aromatic carbocycles. The zero-order valence-corrected chi connectivity index (χ0v) is 12.1. The second kappa shape index (κ2) is 5.46. The van der Waals surface area contributed by atoms with Crippen LogP contribution in [0.2, 0.25) is 0 Å². The lowest BCUT2D eigenvalue weighted by Crippen LogP contribution is -2.48. The van der Waals surface area contributed by atoms with Gasteiger partial charge in [0.25, 0.3) is 5.91 Å². The van der Waals surface area contributed by atoms with E-state index in [9.17, 15) is 4.79 Å². The number of benzene rings is 1. The van der Waals surface area contributed by atoms with E-state index in [4.69, 9.17) is 5.73 Å². The standard InChI is InChI=1S/C15H20N4O/c1-11-13(9-17-19(11)3)14(20)18-15(2,10-16)12-7-5-4-6-8-12/h4-9H,10,16H2,1-3H3,(H,18,20). The molecule has 0 aliphatic carbocycles. The van der Waals surface area contributed by atoms with Gasteiger partial charge in [-0.3, -0.25) is 9.48 Å². The van der Waals surface area contributed by atoms with Gasteiger partial charge < -0.3 is 11.1 Å². The Balaban J connectivity index is 2.27. The van der Waals surface area contributed by atoms with E-state index in [1.165, 1.54) is 0 Å². The summed E-state index contributed by atoms with van der Waals surface area (Å²) in [6.45, 7) is 4.11. The van der Waals surface area contributed by atoms with Crippen molar-refractivity contribution in [3.63, 3.8) is 0 Å². The van der Waals surface area contributed by atoms with Crippen LogP contribution in [0.15, 0.2) is 36.5 Å². The second-order valence-electron chi connectivity index (χ2n) is 5.12. The predicted molar refractivity (Wildman–Crippen MR) is 78.3 cm³/mol. The number of nitrogens with two attached hydrogens (primary N) is 1. The van der Waals surface area contributed by atoms with E-state index in [1.807, 2.05) is 51.2 Å². The van der Waals surface area contributed by atoms with Crippen LogP contribution in [0.3, 0.4) is 0 Å². The van der Waals surface area contributed by atoms with E-state index >= 15 is 0 Å². The van der Waals surface area contributed by atoms with Crippen LogP contribution in [-0.2, 0) is 12.6 Å². The van der Waals surface area contributed by atoms with Gasteiger partial charge in [-0.05, 0) is 19.4 Å². The van der Waals surface area contributed by atoms with Crippen LogP contribution in [0.5, 0.6) is 0 Å². The smallest absolute Gasteiger partial charge is 0.255 e. The van der Waals surface area contributed by atoms with Gasteiger partial charge in [0.1, 0.15) is 0 Å². The summed E-state index contributed by atoms with van der Waals surface area (Å²) >= 11 is 0. The summed E-state index contributed by atoms with van der Waals surface area (Å²) < 4.78 is 1.68. The monoisotopic (exact) mass is 272 g/mol. The molecule has 5 nitrogen and oxygen atoms in total. The summed E-state index contributed by atoms with van der Waals surface area (Å²) in [5, 5.41) is 7.10. The molecule has 0 aliphatic heterocycles. The Labute approximate surface area is 118 Å². The number of amides is 1. The fraction of sp³-hybridized carbons (Fsp3) is 0.333. The molecule has 0 radical (unpaired) electrons. The first-order valence-corrected chi connectivity index (χ1v) is 6.54. The van der Waals surface area contributed by atoms with Crippen molar-refractivity contribution in [2.24, 2.45) is 12.8 Å². The number of aromatic nitrogens is 2. The van der Waals surface area contributed by atoms with Crippen molar-refractivity contribution in [2.75, 3.05) is 6.54 Å². The molecule has 20 heavy (non-hydrogen) atoms. The molecule has 0 saturated carbocycles. The van der Waals surface area contributed by atoms with E-state index < -0.39 is 5.54 Å². The minimum absolute atomic E-state index is 0.160. The molecular formula is C15H20N4O. The lowest BCUT2D eigenvalue weighted by Gasteiger charge is -2.30. The topological polar surface area (TPSA) is 72.9 Å². The van der Waals surface area contributed by atoms with E-state index in [1.54, 1.807) is 10.9 Å². The number of carbonyl (C=O) groups excluding carboxylic acids is 1. The van der Waals surface area contributed by atoms with Gasteiger partial charge in [-0.1, -0.05) is 30.3 Å². The van der Waals surface area contributed by atoms with Gasteiger partial charge in [0.2, 0.25) is 0 Å². The van der Waals surface area contributed by atoms with Crippen LogP contribution in [0.1, 0.15) is 28.5 Å². The molecule has 2 aromatic rings. The van der Waals surface area contributed by atoms with Crippen LogP contribution in [-0.4, -0.2) is 22.2 Å². The largest absolute Gasteiger partial charge is 0.341 e. The number of hydrogen-bond donors (Lipinski definition) is 2. The summed E-state index contributed by atoms with van der Waals surface area (Å²) in [5.41, 5.74) is 7.66. The number of carbonyl (C=O) groups is 1. The van der Waals surface area contributed by atoms with Gasteiger partial charge in [0.15, 0.2) is 0 Å². The summed E-state index contributed by atoms with van der Waals surface area (Å²) in [7, 11) is 1.81. The third-order valence-corrected chi connectivity index (χ3v) is 3.69. The van der Waals surface area contributed by atoms with E-state index in [0.717, 1.165) is 11.3 Å². The van der Waals surface area contributed by atoms with Crippen LogP contribution in [0.25, 0.3) is 0 Å². The van der Waals surface area contributed by atoms with Crippen molar-refractivity contribution >= 4 is 5.91 Å². The molecule has 2 rings (SSSR count).